The lowest BCUT2D eigenvalue weighted by atomic mass is 9.74. The molecule has 2 saturated heterocycles. The van der Waals surface area contributed by atoms with Crippen molar-refractivity contribution in [1.29, 1.82) is 0 Å². The number of allylic oxidation sites excluding steroid dienone is 1. The Morgan fingerprint density at radius 2 is 1.90 bits per heavy atom. The standard InChI is InChI=1S/C15H20O6/c1-18-14(16)12-4-2-3-9(5-10-6-19-10)13(12)15(17)21-8-11-7-20-11/h2,4,9-13H,3,5-8H2,1H3. The fourth-order valence-corrected chi connectivity index (χ4v) is 2.88. The lowest BCUT2D eigenvalue weighted by Crippen LogP contribution is -2.39. The Bertz CT molecular complexity index is 437. The van der Waals surface area contributed by atoms with E-state index in [1.807, 2.05) is 6.08 Å². The summed E-state index contributed by atoms with van der Waals surface area (Å²) in [5.41, 5.74) is 0. The van der Waals surface area contributed by atoms with Crippen LogP contribution in [0.5, 0.6) is 0 Å². The topological polar surface area (TPSA) is 77.7 Å². The quantitative estimate of drug-likeness (QED) is 0.408. The fourth-order valence-electron chi connectivity index (χ4n) is 2.88. The minimum Gasteiger partial charge on any atom is -0.469 e. The van der Waals surface area contributed by atoms with Gasteiger partial charge in [-0.1, -0.05) is 12.2 Å². The van der Waals surface area contributed by atoms with Gasteiger partial charge in [0.15, 0.2) is 0 Å². The highest BCUT2D eigenvalue weighted by molar-refractivity contribution is 5.84. The number of methoxy groups -OCH3 is 1. The molecular weight excluding hydrogens is 276 g/mol. The first-order valence-corrected chi connectivity index (χ1v) is 7.33. The molecule has 0 bridgehead atoms. The summed E-state index contributed by atoms with van der Waals surface area (Å²) in [6.45, 7) is 1.64. The Balaban J connectivity index is 1.70. The number of ether oxygens (including phenoxy) is 4. The van der Waals surface area contributed by atoms with Gasteiger partial charge in [0.1, 0.15) is 12.7 Å². The smallest absolute Gasteiger partial charge is 0.313 e. The molecule has 5 atom stereocenters. The number of carbonyl (C=O) groups excluding carboxylic acids is 2. The van der Waals surface area contributed by atoms with E-state index in [2.05, 4.69) is 0 Å². The largest absolute Gasteiger partial charge is 0.469 e. The molecule has 1 aliphatic carbocycles. The van der Waals surface area contributed by atoms with E-state index in [1.54, 1.807) is 6.08 Å². The molecule has 0 amide bonds. The highest BCUT2D eigenvalue weighted by Crippen LogP contribution is 2.37. The lowest BCUT2D eigenvalue weighted by molar-refractivity contribution is -0.160. The maximum atomic E-state index is 12.4. The number of carbonyl (C=O) groups is 2. The molecule has 2 heterocycles. The molecule has 6 heteroatoms. The molecule has 0 radical (unpaired) electrons. The van der Waals surface area contributed by atoms with Gasteiger partial charge in [0.05, 0.1) is 38.3 Å². The van der Waals surface area contributed by atoms with E-state index in [9.17, 15) is 9.59 Å². The predicted molar refractivity (Wildman–Crippen MR) is 71.3 cm³/mol. The highest BCUT2D eigenvalue weighted by Gasteiger charge is 2.44. The average Bonchev–Trinajstić information content (AvgIpc) is 3.38. The molecule has 0 saturated carbocycles. The SMILES string of the molecule is COC(=O)C1C=CCC(CC2CO2)C1C(=O)OCC1CO1. The van der Waals surface area contributed by atoms with Crippen LogP contribution in [-0.4, -0.2) is 51.1 Å². The average molecular weight is 296 g/mol. The molecule has 21 heavy (non-hydrogen) atoms. The molecule has 6 nitrogen and oxygen atoms in total. The number of esters is 2. The number of rotatable bonds is 6. The van der Waals surface area contributed by atoms with E-state index in [1.165, 1.54) is 7.11 Å². The first kappa shape index (κ1) is 14.5. The van der Waals surface area contributed by atoms with Crippen molar-refractivity contribution in [3.8, 4) is 0 Å². The molecule has 2 aliphatic heterocycles. The summed E-state index contributed by atoms with van der Waals surface area (Å²) in [6.07, 6.45) is 5.47. The Morgan fingerprint density at radius 1 is 1.19 bits per heavy atom. The second kappa shape index (κ2) is 6.15. The third kappa shape index (κ3) is 3.63. The second-order valence-corrected chi connectivity index (χ2v) is 5.78. The minimum atomic E-state index is -0.569. The molecule has 5 unspecified atom stereocenters. The molecule has 0 spiro atoms. The summed E-state index contributed by atoms with van der Waals surface area (Å²) in [7, 11) is 1.34. The van der Waals surface area contributed by atoms with Gasteiger partial charge in [0.25, 0.3) is 0 Å². The Hall–Kier alpha value is -1.40. The lowest BCUT2D eigenvalue weighted by Gasteiger charge is -2.31. The summed E-state index contributed by atoms with van der Waals surface area (Å²) in [5, 5.41) is 0. The van der Waals surface area contributed by atoms with Gasteiger partial charge in [0.2, 0.25) is 0 Å². The molecule has 0 aromatic heterocycles. The van der Waals surface area contributed by atoms with Gasteiger partial charge in [0, 0.05) is 0 Å². The van der Waals surface area contributed by atoms with Crippen molar-refractivity contribution in [2.45, 2.75) is 25.0 Å². The van der Waals surface area contributed by atoms with Crippen LogP contribution in [0, 0.1) is 17.8 Å². The van der Waals surface area contributed by atoms with Crippen molar-refractivity contribution >= 4 is 11.9 Å². The van der Waals surface area contributed by atoms with Gasteiger partial charge in [-0.2, -0.15) is 0 Å². The molecule has 0 aromatic carbocycles. The van der Waals surface area contributed by atoms with Gasteiger partial charge < -0.3 is 18.9 Å². The zero-order valence-corrected chi connectivity index (χ0v) is 12.0. The van der Waals surface area contributed by atoms with Gasteiger partial charge in [-0.25, -0.2) is 0 Å². The van der Waals surface area contributed by atoms with Crippen molar-refractivity contribution in [3.05, 3.63) is 12.2 Å². The predicted octanol–water partition coefficient (Wildman–Crippen LogP) is 0.699. The molecular formula is C15H20O6. The van der Waals surface area contributed by atoms with Crippen molar-refractivity contribution < 1.29 is 28.5 Å². The first-order valence-electron chi connectivity index (χ1n) is 7.33. The number of hydrogen-bond donors (Lipinski definition) is 0. The van der Waals surface area contributed by atoms with Crippen LogP contribution in [0.2, 0.25) is 0 Å². The Kier molecular flexibility index (Phi) is 4.26. The normalized spacial score (nSPS) is 36.9. The maximum absolute atomic E-state index is 12.4. The second-order valence-electron chi connectivity index (χ2n) is 5.78. The van der Waals surface area contributed by atoms with E-state index in [-0.39, 0.29) is 30.7 Å². The van der Waals surface area contributed by atoms with Crippen LogP contribution in [0.1, 0.15) is 12.8 Å². The van der Waals surface area contributed by atoms with Gasteiger partial charge in [-0.3, -0.25) is 9.59 Å². The van der Waals surface area contributed by atoms with E-state index < -0.39 is 17.8 Å². The zero-order valence-electron chi connectivity index (χ0n) is 12.0. The van der Waals surface area contributed by atoms with Crippen LogP contribution >= 0.6 is 0 Å². The third-order valence-corrected chi connectivity index (χ3v) is 4.20. The third-order valence-electron chi connectivity index (χ3n) is 4.20. The van der Waals surface area contributed by atoms with Crippen LogP contribution in [0.3, 0.4) is 0 Å². The molecule has 3 rings (SSSR count). The zero-order chi connectivity index (χ0) is 14.8. The Labute approximate surface area is 123 Å². The summed E-state index contributed by atoms with van der Waals surface area (Å²) in [6, 6.07) is 0. The molecule has 116 valence electrons. The van der Waals surface area contributed by atoms with Crippen LogP contribution < -0.4 is 0 Å². The monoisotopic (exact) mass is 296 g/mol. The highest BCUT2D eigenvalue weighted by atomic mass is 16.6. The van der Waals surface area contributed by atoms with Crippen molar-refractivity contribution in [2.24, 2.45) is 17.8 Å². The summed E-state index contributed by atoms with van der Waals surface area (Å²) in [4.78, 5) is 24.4. The minimum absolute atomic E-state index is 0.0230. The van der Waals surface area contributed by atoms with Crippen LogP contribution in [-0.2, 0) is 28.5 Å². The fraction of sp³-hybridized carbons (Fsp3) is 0.733. The molecule has 3 aliphatic rings. The van der Waals surface area contributed by atoms with Crippen molar-refractivity contribution in [3.63, 3.8) is 0 Å². The van der Waals surface area contributed by atoms with Crippen molar-refractivity contribution in [1.82, 2.24) is 0 Å². The maximum Gasteiger partial charge on any atom is 0.313 e. The van der Waals surface area contributed by atoms with E-state index in [0.717, 1.165) is 19.4 Å². The summed E-state index contributed by atoms with van der Waals surface area (Å²) >= 11 is 0. The number of hydrogen-bond acceptors (Lipinski definition) is 6. The van der Waals surface area contributed by atoms with Crippen molar-refractivity contribution in [2.75, 3.05) is 26.9 Å². The summed E-state index contributed by atoms with van der Waals surface area (Å²) < 4.78 is 20.4. The van der Waals surface area contributed by atoms with Gasteiger partial charge >= 0.3 is 11.9 Å². The van der Waals surface area contributed by atoms with E-state index in [0.29, 0.717) is 6.61 Å². The van der Waals surface area contributed by atoms with Crippen LogP contribution in [0.15, 0.2) is 12.2 Å². The molecule has 2 fully saturated rings. The Morgan fingerprint density at radius 3 is 2.52 bits per heavy atom. The van der Waals surface area contributed by atoms with Crippen LogP contribution in [0.25, 0.3) is 0 Å². The molecule has 0 N–H and O–H groups in total. The van der Waals surface area contributed by atoms with E-state index >= 15 is 0 Å². The molecule has 0 aromatic rings. The first-order chi connectivity index (χ1) is 10.2. The van der Waals surface area contributed by atoms with Gasteiger partial charge in [-0.15, -0.1) is 0 Å². The number of epoxide rings is 2. The summed E-state index contributed by atoms with van der Waals surface area (Å²) in [5.74, 6) is -1.74. The van der Waals surface area contributed by atoms with Crippen LogP contribution in [0.4, 0.5) is 0 Å². The van der Waals surface area contributed by atoms with E-state index in [4.69, 9.17) is 18.9 Å². The van der Waals surface area contributed by atoms with Gasteiger partial charge in [-0.05, 0) is 18.8 Å².